The molecule has 0 saturated carbocycles. The van der Waals surface area contributed by atoms with E-state index in [1.54, 1.807) is 0 Å². The van der Waals surface area contributed by atoms with Crippen LogP contribution in [0.25, 0.3) is 0 Å². The summed E-state index contributed by atoms with van der Waals surface area (Å²) in [5.41, 5.74) is 1.20. The van der Waals surface area contributed by atoms with Crippen molar-refractivity contribution in [1.82, 2.24) is 0 Å². The average Bonchev–Trinajstić information content (AvgIpc) is 2.47. The number of ether oxygens (including phenoxy) is 1. The fraction of sp³-hybridized carbons (Fsp3) is 0.364. The Morgan fingerprint density at radius 1 is 1.31 bits per heavy atom. The zero-order valence-corrected chi connectivity index (χ0v) is 7.57. The first-order valence-corrected chi connectivity index (χ1v) is 4.52. The SMILES string of the molecule is CC1OC(=O)CC1c1ccccc1. The van der Waals surface area contributed by atoms with Crippen LogP contribution in [0.3, 0.4) is 0 Å². The normalized spacial score (nSPS) is 27.3. The van der Waals surface area contributed by atoms with Gasteiger partial charge in [-0.1, -0.05) is 30.3 Å². The lowest BCUT2D eigenvalue weighted by molar-refractivity contribution is -0.140. The third-order valence-corrected chi connectivity index (χ3v) is 2.50. The van der Waals surface area contributed by atoms with Gasteiger partial charge in [0.05, 0.1) is 6.42 Å². The maximum Gasteiger partial charge on any atom is 0.306 e. The Kier molecular flexibility index (Phi) is 2.05. The predicted molar refractivity (Wildman–Crippen MR) is 49.4 cm³/mol. The van der Waals surface area contributed by atoms with Crippen LogP contribution in [0.5, 0.6) is 0 Å². The summed E-state index contributed by atoms with van der Waals surface area (Å²) in [7, 11) is 0. The maximum atomic E-state index is 11.0. The lowest BCUT2D eigenvalue weighted by Gasteiger charge is -2.12. The molecule has 1 heterocycles. The standard InChI is InChI=1S/C11H12O2/c1-8-10(7-11(12)13-8)9-5-3-2-4-6-9/h2-6,8,10H,7H2,1H3. The Labute approximate surface area is 77.5 Å². The summed E-state index contributed by atoms with van der Waals surface area (Å²) in [5.74, 6) is 0.162. The van der Waals surface area contributed by atoms with Gasteiger partial charge < -0.3 is 4.74 Å². The molecule has 0 radical (unpaired) electrons. The molecule has 13 heavy (non-hydrogen) atoms. The van der Waals surface area contributed by atoms with E-state index in [-0.39, 0.29) is 18.0 Å². The summed E-state index contributed by atoms with van der Waals surface area (Å²) in [6, 6.07) is 10.0. The highest BCUT2D eigenvalue weighted by Gasteiger charge is 2.32. The number of carbonyl (C=O) groups excluding carboxylic acids is 1. The fourth-order valence-electron chi connectivity index (χ4n) is 1.77. The molecule has 2 unspecified atom stereocenters. The summed E-state index contributed by atoms with van der Waals surface area (Å²) in [5, 5.41) is 0. The minimum Gasteiger partial charge on any atom is -0.462 e. The fourth-order valence-corrected chi connectivity index (χ4v) is 1.77. The Hall–Kier alpha value is -1.31. The quantitative estimate of drug-likeness (QED) is 0.612. The molecule has 0 spiro atoms. The van der Waals surface area contributed by atoms with Crippen LogP contribution in [0.4, 0.5) is 0 Å². The molecule has 0 amide bonds. The van der Waals surface area contributed by atoms with E-state index in [2.05, 4.69) is 0 Å². The molecular formula is C11H12O2. The Balaban J connectivity index is 2.23. The molecule has 1 fully saturated rings. The minimum atomic E-state index is -0.0821. The van der Waals surface area contributed by atoms with E-state index < -0.39 is 0 Å². The first-order valence-electron chi connectivity index (χ1n) is 4.52. The summed E-state index contributed by atoms with van der Waals surface area (Å²) >= 11 is 0. The van der Waals surface area contributed by atoms with Crippen LogP contribution < -0.4 is 0 Å². The van der Waals surface area contributed by atoms with Crippen molar-refractivity contribution in [1.29, 1.82) is 0 Å². The molecule has 2 heteroatoms. The van der Waals surface area contributed by atoms with Crippen LogP contribution in [0, 0.1) is 0 Å². The van der Waals surface area contributed by atoms with E-state index in [1.165, 1.54) is 5.56 Å². The highest BCUT2D eigenvalue weighted by atomic mass is 16.5. The van der Waals surface area contributed by atoms with Gasteiger partial charge >= 0.3 is 5.97 Å². The Morgan fingerprint density at radius 3 is 2.54 bits per heavy atom. The second-order valence-corrected chi connectivity index (χ2v) is 3.42. The first-order chi connectivity index (χ1) is 6.27. The van der Waals surface area contributed by atoms with Gasteiger partial charge in [0.2, 0.25) is 0 Å². The lowest BCUT2D eigenvalue weighted by atomic mass is 9.93. The molecule has 68 valence electrons. The van der Waals surface area contributed by atoms with Gasteiger partial charge in [0.1, 0.15) is 6.10 Å². The Bertz CT molecular complexity index is 305. The van der Waals surface area contributed by atoms with Crippen LogP contribution >= 0.6 is 0 Å². The number of cyclic esters (lactones) is 1. The van der Waals surface area contributed by atoms with E-state index in [9.17, 15) is 4.79 Å². The van der Waals surface area contributed by atoms with Gasteiger partial charge in [0, 0.05) is 5.92 Å². The number of hydrogen-bond donors (Lipinski definition) is 0. The highest BCUT2D eigenvalue weighted by molar-refractivity contribution is 5.73. The summed E-state index contributed by atoms with van der Waals surface area (Å²) in [6.45, 7) is 1.95. The number of rotatable bonds is 1. The van der Waals surface area contributed by atoms with Gasteiger partial charge in [-0.05, 0) is 12.5 Å². The highest BCUT2D eigenvalue weighted by Crippen LogP contribution is 2.31. The number of esters is 1. The van der Waals surface area contributed by atoms with Gasteiger partial charge in [-0.25, -0.2) is 0 Å². The van der Waals surface area contributed by atoms with E-state index >= 15 is 0 Å². The van der Waals surface area contributed by atoms with Gasteiger partial charge in [0.25, 0.3) is 0 Å². The molecule has 0 bridgehead atoms. The predicted octanol–water partition coefficient (Wildman–Crippen LogP) is 2.11. The molecule has 0 aliphatic carbocycles. The third-order valence-electron chi connectivity index (χ3n) is 2.50. The minimum absolute atomic E-state index is 0.0231. The van der Waals surface area contributed by atoms with Crippen molar-refractivity contribution in [2.75, 3.05) is 0 Å². The van der Waals surface area contributed by atoms with Crippen molar-refractivity contribution in [3.8, 4) is 0 Å². The largest absolute Gasteiger partial charge is 0.462 e. The Morgan fingerprint density at radius 2 is 2.00 bits per heavy atom. The van der Waals surface area contributed by atoms with Crippen LogP contribution in [-0.4, -0.2) is 12.1 Å². The molecule has 0 aromatic heterocycles. The van der Waals surface area contributed by atoms with E-state index in [0.29, 0.717) is 6.42 Å². The molecular weight excluding hydrogens is 164 g/mol. The van der Waals surface area contributed by atoms with E-state index in [4.69, 9.17) is 4.74 Å². The second kappa shape index (κ2) is 3.21. The molecule has 0 N–H and O–H groups in total. The summed E-state index contributed by atoms with van der Waals surface area (Å²) < 4.78 is 5.09. The number of benzene rings is 1. The van der Waals surface area contributed by atoms with Crippen molar-refractivity contribution in [2.24, 2.45) is 0 Å². The topological polar surface area (TPSA) is 26.3 Å². The van der Waals surface area contributed by atoms with Crippen molar-refractivity contribution in [2.45, 2.75) is 25.4 Å². The van der Waals surface area contributed by atoms with Crippen LogP contribution in [0.2, 0.25) is 0 Å². The smallest absolute Gasteiger partial charge is 0.306 e. The van der Waals surface area contributed by atoms with Crippen molar-refractivity contribution < 1.29 is 9.53 Å². The van der Waals surface area contributed by atoms with Crippen LogP contribution in [0.1, 0.15) is 24.8 Å². The number of hydrogen-bond acceptors (Lipinski definition) is 2. The monoisotopic (exact) mass is 176 g/mol. The number of carbonyl (C=O) groups is 1. The van der Waals surface area contributed by atoms with Crippen LogP contribution in [0.15, 0.2) is 30.3 Å². The molecule has 1 aliphatic heterocycles. The van der Waals surface area contributed by atoms with Gasteiger partial charge in [0.15, 0.2) is 0 Å². The first kappa shape index (κ1) is 8.30. The third kappa shape index (κ3) is 1.57. The maximum absolute atomic E-state index is 11.0. The molecule has 1 aliphatic rings. The lowest BCUT2D eigenvalue weighted by Crippen LogP contribution is -2.08. The van der Waals surface area contributed by atoms with Gasteiger partial charge in [-0.3, -0.25) is 4.79 Å². The van der Waals surface area contributed by atoms with Crippen molar-refractivity contribution >= 4 is 5.97 Å². The van der Waals surface area contributed by atoms with Crippen molar-refractivity contribution in [3.05, 3.63) is 35.9 Å². The van der Waals surface area contributed by atoms with E-state index in [0.717, 1.165) is 0 Å². The van der Waals surface area contributed by atoms with Gasteiger partial charge in [-0.15, -0.1) is 0 Å². The van der Waals surface area contributed by atoms with E-state index in [1.807, 2.05) is 37.3 Å². The molecule has 2 atom stereocenters. The van der Waals surface area contributed by atoms with Crippen LogP contribution in [-0.2, 0) is 9.53 Å². The second-order valence-electron chi connectivity index (χ2n) is 3.42. The molecule has 1 saturated heterocycles. The molecule has 2 nitrogen and oxygen atoms in total. The molecule has 1 aromatic rings. The zero-order chi connectivity index (χ0) is 9.26. The summed E-state index contributed by atoms with van der Waals surface area (Å²) in [6.07, 6.45) is 0.542. The summed E-state index contributed by atoms with van der Waals surface area (Å²) in [4.78, 5) is 11.0. The van der Waals surface area contributed by atoms with Crippen molar-refractivity contribution in [3.63, 3.8) is 0 Å². The zero-order valence-electron chi connectivity index (χ0n) is 7.57. The van der Waals surface area contributed by atoms with Gasteiger partial charge in [-0.2, -0.15) is 0 Å². The average molecular weight is 176 g/mol. The molecule has 2 rings (SSSR count). The molecule has 1 aromatic carbocycles.